The molecule has 1 rings (SSSR count). The number of rotatable bonds is 5. The van der Waals surface area contributed by atoms with E-state index in [1.807, 2.05) is 31.2 Å². The number of ether oxygens (including phenoxy) is 1. The lowest BCUT2D eigenvalue weighted by Crippen LogP contribution is -2.31. The maximum Gasteiger partial charge on any atom is 0.251 e. The van der Waals surface area contributed by atoms with Gasteiger partial charge in [0.1, 0.15) is 0 Å². The molecule has 0 aromatic heterocycles. The standard InChI is InChI=1S/C12H16BrNO2/c1-9(16-2)8-14-12(15)11-5-3-10(7-13)4-6-11/h3-6,9H,7-8H2,1-2H3,(H,14,15). The van der Waals surface area contributed by atoms with E-state index in [1.165, 1.54) is 0 Å². The highest BCUT2D eigenvalue weighted by molar-refractivity contribution is 9.08. The molecule has 1 unspecified atom stereocenters. The van der Waals surface area contributed by atoms with Crippen molar-refractivity contribution in [1.82, 2.24) is 5.32 Å². The minimum atomic E-state index is -0.0648. The van der Waals surface area contributed by atoms with E-state index < -0.39 is 0 Å². The van der Waals surface area contributed by atoms with Crippen LogP contribution in [0.3, 0.4) is 0 Å². The number of benzene rings is 1. The Morgan fingerprint density at radius 3 is 2.56 bits per heavy atom. The van der Waals surface area contributed by atoms with Gasteiger partial charge in [0.25, 0.3) is 5.91 Å². The maximum absolute atomic E-state index is 11.7. The first-order chi connectivity index (χ1) is 7.67. The van der Waals surface area contributed by atoms with Gasteiger partial charge in [-0.25, -0.2) is 0 Å². The molecule has 1 N–H and O–H groups in total. The van der Waals surface area contributed by atoms with Crippen molar-refractivity contribution in [2.24, 2.45) is 0 Å². The van der Waals surface area contributed by atoms with E-state index in [2.05, 4.69) is 21.2 Å². The van der Waals surface area contributed by atoms with Gasteiger partial charge in [-0.3, -0.25) is 4.79 Å². The van der Waals surface area contributed by atoms with Crippen molar-refractivity contribution < 1.29 is 9.53 Å². The third-order valence-corrected chi connectivity index (χ3v) is 2.97. The Hall–Kier alpha value is -0.870. The van der Waals surface area contributed by atoms with E-state index in [-0.39, 0.29) is 12.0 Å². The van der Waals surface area contributed by atoms with Crippen molar-refractivity contribution in [3.05, 3.63) is 35.4 Å². The van der Waals surface area contributed by atoms with Crippen molar-refractivity contribution >= 4 is 21.8 Å². The highest BCUT2D eigenvalue weighted by Gasteiger charge is 2.06. The van der Waals surface area contributed by atoms with Crippen LogP contribution in [0, 0.1) is 0 Å². The molecule has 0 aliphatic carbocycles. The summed E-state index contributed by atoms with van der Waals surface area (Å²) in [4.78, 5) is 11.7. The molecule has 0 radical (unpaired) electrons. The third kappa shape index (κ3) is 3.94. The number of hydrogen-bond acceptors (Lipinski definition) is 2. The van der Waals surface area contributed by atoms with Crippen LogP contribution in [-0.2, 0) is 10.1 Å². The van der Waals surface area contributed by atoms with Crippen LogP contribution < -0.4 is 5.32 Å². The topological polar surface area (TPSA) is 38.3 Å². The molecule has 0 fully saturated rings. The molecule has 0 aliphatic rings. The van der Waals surface area contributed by atoms with Crippen LogP contribution in [0.2, 0.25) is 0 Å². The molecule has 0 saturated heterocycles. The summed E-state index contributed by atoms with van der Waals surface area (Å²) in [5.74, 6) is -0.0648. The number of halogens is 1. The Morgan fingerprint density at radius 1 is 1.44 bits per heavy atom. The van der Waals surface area contributed by atoms with Crippen LogP contribution in [-0.4, -0.2) is 25.7 Å². The van der Waals surface area contributed by atoms with Crippen LogP contribution in [0.4, 0.5) is 0 Å². The van der Waals surface area contributed by atoms with Gasteiger partial charge in [-0.1, -0.05) is 28.1 Å². The first kappa shape index (κ1) is 13.2. The van der Waals surface area contributed by atoms with Gasteiger partial charge in [0.2, 0.25) is 0 Å². The highest BCUT2D eigenvalue weighted by atomic mass is 79.9. The second-order valence-electron chi connectivity index (χ2n) is 3.59. The Labute approximate surface area is 104 Å². The Morgan fingerprint density at radius 2 is 2.06 bits per heavy atom. The number of methoxy groups -OCH3 is 1. The van der Waals surface area contributed by atoms with E-state index >= 15 is 0 Å². The molecule has 88 valence electrons. The largest absolute Gasteiger partial charge is 0.380 e. The lowest BCUT2D eigenvalue weighted by molar-refractivity contribution is 0.0870. The Kier molecular flexibility index (Phi) is 5.49. The van der Waals surface area contributed by atoms with Gasteiger partial charge < -0.3 is 10.1 Å². The number of nitrogens with one attached hydrogen (secondary N) is 1. The van der Waals surface area contributed by atoms with Crippen molar-refractivity contribution in [2.45, 2.75) is 18.4 Å². The smallest absolute Gasteiger partial charge is 0.251 e. The summed E-state index contributed by atoms with van der Waals surface area (Å²) >= 11 is 3.36. The van der Waals surface area contributed by atoms with Crippen molar-refractivity contribution in [2.75, 3.05) is 13.7 Å². The summed E-state index contributed by atoms with van der Waals surface area (Å²) in [6, 6.07) is 7.51. The first-order valence-corrected chi connectivity index (χ1v) is 6.25. The highest BCUT2D eigenvalue weighted by Crippen LogP contribution is 2.07. The van der Waals surface area contributed by atoms with Gasteiger partial charge in [0.05, 0.1) is 6.10 Å². The van der Waals surface area contributed by atoms with Gasteiger partial charge in [-0.2, -0.15) is 0 Å². The minimum absolute atomic E-state index is 0.0331. The van der Waals surface area contributed by atoms with Crippen LogP contribution >= 0.6 is 15.9 Å². The molecule has 0 saturated carbocycles. The van der Waals surface area contributed by atoms with Gasteiger partial charge >= 0.3 is 0 Å². The van der Waals surface area contributed by atoms with E-state index in [9.17, 15) is 4.79 Å². The number of carbonyl (C=O) groups excluding carboxylic acids is 1. The predicted octanol–water partition coefficient (Wildman–Crippen LogP) is 2.35. The third-order valence-electron chi connectivity index (χ3n) is 2.32. The average molecular weight is 286 g/mol. The van der Waals surface area contributed by atoms with E-state index in [4.69, 9.17) is 4.74 Å². The predicted molar refractivity (Wildman–Crippen MR) is 67.9 cm³/mol. The average Bonchev–Trinajstić information content (AvgIpc) is 2.35. The molecule has 0 heterocycles. The molecule has 0 aliphatic heterocycles. The molecule has 1 amide bonds. The second-order valence-corrected chi connectivity index (χ2v) is 4.15. The molecule has 3 nitrogen and oxygen atoms in total. The SMILES string of the molecule is COC(C)CNC(=O)c1ccc(CBr)cc1. The van der Waals surface area contributed by atoms with Gasteiger partial charge in [-0.05, 0) is 24.6 Å². The summed E-state index contributed by atoms with van der Waals surface area (Å²) in [6.45, 7) is 2.43. The number of carbonyl (C=O) groups is 1. The number of alkyl halides is 1. The van der Waals surface area contributed by atoms with Crippen LogP contribution in [0.25, 0.3) is 0 Å². The van der Waals surface area contributed by atoms with Gasteiger partial charge in [0.15, 0.2) is 0 Å². The van der Waals surface area contributed by atoms with Crippen molar-refractivity contribution in [3.8, 4) is 0 Å². The van der Waals surface area contributed by atoms with Gasteiger partial charge in [0, 0.05) is 24.5 Å². The second kappa shape index (κ2) is 6.66. The summed E-state index contributed by atoms with van der Waals surface area (Å²) in [7, 11) is 1.63. The molecule has 1 atom stereocenters. The Bertz CT molecular complexity index is 337. The molecule has 4 heteroatoms. The molecule has 16 heavy (non-hydrogen) atoms. The minimum Gasteiger partial charge on any atom is -0.380 e. The first-order valence-electron chi connectivity index (χ1n) is 5.13. The summed E-state index contributed by atoms with van der Waals surface area (Å²) in [5.41, 5.74) is 1.83. The molecular weight excluding hydrogens is 270 g/mol. The van der Waals surface area contributed by atoms with Crippen LogP contribution in [0.15, 0.2) is 24.3 Å². The lowest BCUT2D eigenvalue weighted by atomic mass is 10.1. The van der Waals surface area contributed by atoms with Crippen LogP contribution in [0.1, 0.15) is 22.8 Å². The maximum atomic E-state index is 11.7. The summed E-state index contributed by atoms with van der Waals surface area (Å²) < 4.78 is 5.05. The quantitative estimate of drug-likeness (QED) is 0.844. The zero-order chi connectivity index (χ0) is 12.0. The molecule has 1 aromatic carbocycles. The van der Waals surface area contributed by atoms with E-state index in [0.29, 0.717) is 12.1 Å². The lowest BCUT2D eigenvalue weighted by Gasteiger charge is -2.10. The summed E-state index contributed by atoms with van der Waals surface area (Å²) in [6.07, 6.45) is 0.0331. The summed E-state index contributed by atoms with van der Waals surface area (Å²) in [5, 5.41) is 3.61. The normalized spacial score (nSPS) is 12.2. The molecule has 0 spiro atoms. The monoisotopic (exact) mass is 285 g/mol. The Balaban J connectivity index is 2.52. The molecule has 0 bridgehead atoms. The van der Waals surface area contributed by atoms with Gasteiger partial charge in [-0.15, -0.1) is 0 Å². The fourth-order valence-corrected chi connectivity index (χ4v) is 1.54. The fraction of sp³-hybridized carbons (Fsp3) is 0.417. The van der Waals surface area contributed by atoms with Crippen molar-refractivity contribution in [3.63, 3.8) is 0 Å². The zero-order valence-electron chi connectivity index (χ0n) is 9.50. The molecular formula is C12H16BrNO2. The molecule has 1 aromatic rings. The fourth-order valence-electron chi connectivity index (χ4n) is 1.17. The van der Waals surface area contributed by atoms with E-state index in [1.54, 1.807) is 7.11 Å². The number of amides is 1. The van der Waals surface area contributed by atoms with Crippen molar-refractivity contribution in [1.29, 1.82) is 0 Å². The van der Waals surface area contributed by atoms with E-state index in [0.717, 1.165) is 10.9 Å². The van der Waals surface area contributed by atoms with Crippen LogP contribution in [0.5, 0.6) is 0 Å². The number of hydrogen-bond donors (Lipinski definition) is 1. The zero-order valence-corrected chi connectivity index (χ0v) is 11.1.